The van der Waals surface area contributed by atoms with Gasteiger partial charge >= 0.3 is 0 Å². The summed E-state index contributed by atoms with van der Waals surface area (Å²) in [7, 11) is 0. The van der Waals surface area contributed by atoms with Crippen LogP contribution >= 0.6 is 0 Å². The number of ketones is 1. The van der Waals surface area contributed by atoms with Crippen LogP contribution in [0.15, 0.2) is 12.2 Å². The van der Waals surface area contributed by atoms with Gasteiger partial charge in [0.05, 0.1) is 0 Å². The molecular weight excluding hydrogens is 172 g/mol. The second kappa shape index (κ2) is 4.29. The summed E-state index contributed by atoms with van der Waals surface area (Å²) in [6.45, 7) is 10.4. The predicted octanol–water partition coefficient (Wildman–Crippen LogP) is 3.74. The Morgan fingerprint density at radius 2 is 2.14 bits per heavy atom. The van der Waals surface area contributed by atoms with Crippen LogP contribution in [0.25, 0.3) is 0 Å². The quantitative estimate of drug-likeness (QED) is 0.623. The molecule has 14 heavy (non-hydrogen) atoms. The maximum atomic E-state index is 12.0. The molecule has 0 aliphatic heterocycles. The molecule has 0 radical (unpaired) electrons. The van der Waals surface area contributed by atoms with E-state index in [1.165, 1.54) is 12.8 Å². The third-order valence-electron chi connectivity index (χ3n) is 3.57. The molecule has 0 aromatic rings. The van der Waals surface area contributed by atoms with E-state index >= 15 is 0 Å². The Kier molecular flexibility index (Phi) is 3.52. The Balaban J connectivity index is 2.57. The lowest BCUT2D eigenvalue weighted by Gasteiger charge is -2.25. The summed E-state index contributed by atoms with van der Waals surface area (Å²) in [5.74, 6) is 0.699. The van der Waals surface area contributed by atoms with Crippen LogP contribution in [0.3, 0.4) is 0 Å². The van der Waals surface area contributed by atoms with Gasteiger partial charge in [-0.3, -0.25) is 4.79 Å². The maximum Gasteiger partial charge on any atom is 0.140 e. The highest BCUT2D eigenvalue weighted by Crippen LogP contribution is 2.43. The zero-order chi connectivity index (χ0) is 10.8. The molecule has 1 unspecified atom stereocenters. The van der Waals surface area contributed by atoms with E-state index in [9.17, 15) is 4.79 Å². The van der Waals surface area contributed by atoms with Gasteiger partial charge in [0, 0.05) is 12.3 Å². The van der Waals surface area contributed by atoms with Gasteiger partial charge in [-0.05, 0) is 24.7 Å². The second-order valence-electron chi connectivity index (χ2n) is 5.18. The van der Waals surface area contributed by atoms with Gasteiger partial charge in [-0.1, -0.05) is 39.3 Å². The lowest BCUT2D eigenvalue weighted by molar-refractivity contribution is -0.124. The van der Waals surface area contributed by atoms with Crippen LogP contribution in [-0.4, -0.2) is 5.78 Å². The van der Waals surface area contributed by atoms with Gasteiger partial charge in [-0.25, -0.2) is 0 Å². The molecule has 0 heterocycles. The lowest BCUT2D eigenvalue weighted by Crippen LogP contribution is -2.25. The number of hydrogen-bond donors (Lipinski definition) is 0. The van der Waals surface area contributed by atoms with Crippen molar-refractivity contribution in [1.82, 2.24) is 0 Å². The van der Waals surface area contributed by atoms with Gasteiger partial charge in [0.2, 0.25) is 0 Å². The first-order valence-corrected chi connectivity index (χ1v) is 5.66. The summed E-state index contributed by atoms with van der Waals surface area (Å²) in [5.41, 5.74) is 1.31. The maximum absolute atomic E-state index is 12.0. The molecule has 80 valence electrons. The van der Waals surface area contributed by atoms with Crippen molar-refractivity contribution in [2.75, 3.05) is 0 Å². The third-order valence-corrected chi connectivity index (χ3v) is 3.57. The Labute approximate surface area is 87.6 Å². The van der Waals surface area contributed by atoms with Gasteiger partial charge in [0.15, 0.2) is 0 Å². The predicted molar refractivity (Wildman–Crippen MR) is 60.2 cm³/mol. The SMILES string of the molecule is C=C(CC)CC(=O)C1CCCC1(C)C. The largest absolute Gasteiger partial charge is 0.299 e. The normalized spacial score (nSPS) is 24.9. The van der Waals surface area contributed by atoms with Crippen molar-refractivity contribution in [2.45, 2.75) is 52.9 Å². The van der Waals surface area contributed by atoms with E-state index in [2.05, 4.69) is 27.4 Å². The Bertz CT molecular complexity index is 238. The number of rotatable bonds is 4. The molecule has 0 amide bonds. The van der Waals surface area contributed by atoms with Crippen molar-refractivity contribution < 1.29 is 4.79 Å². The highest BCUT2D eigenvalue weighted by Gasteiger charge is 2.38. The number of allylic oxidation sites excluding steroid dienone is 1. The molecule has 1 atom stereocenters. The van der Waals surface area contributed by atoms with E-state index in [1.54, 1.807) is 0 Å². The Morgan fingerprint density at radius 1 is 1.50 bits per heavy atom. The minimum absolute atomic E-state index is 0.227. The smallest absolute Gasteiger partial charge is 0.140 e. The van der Waals surface area contributed by atoms with Crippen molar-refractivity contribution in [3.63, 3.8) is 0 Å². The zero-order valence-corrected chi connectivity index (χ0v) is 9.73. The molecule has 0 bridgehead atoms. The van der Waals surface area contributed by atoms with Gasteiger partial charge in [-0.15, -0.1) is 0 Å². The van der Waals surface area contributed by atoms with Crippen molar-refractivity contribution >= 4 is 5.78 Å². The molecule has 0 spiro atoms. The van der Waals surface area contributed by atoms with Crippen LogP contribution < -0.4 is 0 Å². The molecular formula is C13H22O. The summed E-state index contributed by atoms with van der Waals surface area (Å²) < 4.78 is 0. The first-order chi connectivity index (χ1) is 6.47. The van der Waals surface area contributed by atoms with Gasteiger partial charge in [0.1, 0.15) is 5.78 Å². The average molecular weight is 194 g/mol. The van der Waals surface area contributed by atoms with E-state index in [0.717, 1.165) is 18.4 Å². The summed E-state index contributed by atoms with van der Waals surface area (Å²) in [6, 6.07) is 0. The highest BCUT2D eigenvalue weighted by molar-refractivity contribution is 5.84. The highest BCUT2D eigenvalue weighted by atomic mass is 16.1. The monoisotopic (exact) mass is 194 g/mol. The first kappa shape index (κ1) is 11.5. The molecule has 1 heteroatoms. The van der Waals surface area contributed by atoms with Gasteiger partial charge < -0.3 is 0 Å². The topological polar surface area (TPSA) is 17.1 Å². The molecule has 1 fully saturated rings. The van der Waals surface area contributed by atoms with Gasteiger partial charge in [0.25, 0.3) is 0 Å². The summed E-state index contributed by atoms with van der Waals surface area (Å²) in [5, 5.41) is 0. The van der Waals surface area contributed by atoms with Gasteiger partial charge in [-0.2, -0.15) is 0 Å². The molecule has 1 rings (SSSR count). The number of carbonyl (C=O) groups excluding carboxylic acids is 1. The molecule has 0 aromatic heterocycles. The fourth-order valence-corrected chi connectivity index (χ4v) is 2.42. The van der Waals surface area contributed by atoms with Crippen LogP contribution in [0, 0.1) is 11.3 Å². The van der Waals surface area contributed by atoms with Crippen LogP contribution in [-0.2, 0) is 4.79 Å². The average Bonchev–Trinajstić information content (AvgIpc) is 2.45. The molecule has 1 aliphatic rings. The Morgan fingerprint density at radius 3 is 2.57 bits per heavy atom. The summed E-state index contributed by atoms with van der Waals surface area (Å²) in [6.07, 6.45) is 5.02. The van der Waals surface area contributed by atoms with E-state index in [4.69, 9.17) is 0 Å². The van der Waals surface area contributed by atoms with E-state index in [-0.39, 0.29) is 11.3 Å². The molecule has 0 saturated heterocycles. The number of carbonyl (C=O) groups is 1. The van der Waals surface area contributed by atoms with Crippen molar-refractivity contribution in [3.8, 4) is 0 Å². The van der Waals surface area contributed by atoms with Crippen LogP contribution in [0.2, 0.25) is 0 Å². The van der Waals surface area contributed by atoms with Crippen LogP contribution in [0.4, 0.5) is 0 Å². The fraction of sp³-hybridized carbons (Fsp3) is 0.769. The summed E-state index contributed by atoms with van der Waals surface area (Å²) in [4.78, 5) is 12.0. The summed E-state index contributed by atoms with van der Waals surface area (Å²) >= 11 is 0. The third kappa shape index (κ3) is 2.46. The standard InChI is InChI=1S/C13H22O/c1-5-10(2)9-12(14)11-7-6-8-13(11,3)4/h11H,2,5-9H2,1,3-4H3. The van der Waals surface area contributed by atoms with E-state index in [0.29, 0.717) is 12.2 Å². The molecule has 1 aliphatic carbocycles. The van der Waals surface area contributed by atoms with Crippen LogP contribution in [0.1, 0.15) is 52.9 Å². The minimum Gasteiger partial charge on any atom is -0.299 e. The molecule has 1 nitrogen and oxygen atoms in total. The van der Waals surface area contributed by atoms with E-state index in [1.807, 2.05) is 0 Å². The first-order valence-electron chi connectivity index (χ1n) is 5.66. The number of Topliss-reactive ketones (excluding diaryl/α,β-unsaturated/α-hetero) is 1. The molecule has 0 aromatic carbocycles. The van der Waals surface area contributed by atoms with E-state index < -0.39 is 0 Å². The Hall–Kier alpha value is -0.590. The number of hydrogen-bond acceptors (Lipinski definition) is 1. The van der Waals surface area contributed by atoms with Crippen LogP contribution in [0.5, 0.6) is 0 Å². The lowest BCUT2D eigenvalue weighted by atomic mass is 9.78. The molecule has 1 saturated carbocycles. The van der Waals surface area contributed by atoms with Crippen molar-refractivity contribution in [2.24, 2.45) is 11.3 Å². The van der Waals surface area contributed by atoms with Crippen molar-refractivity contribution in [1.29, 1.82) is 0 Å². The van der Waals surface area contributed by atoms with Crippen molar-refractivity contribution in [3.05, 3.63) is 12.2 Å². The fourth-order valence-electron chi connectivity index (χ4n) is 2.42. The zero-order valence-electron chi connectivity index (χ0n) is 9.73. The molecule has 0 N–H and O–H groups in total. The minimum atomic E-state index is 0.227. The second-order valence-corrected chi connectivity index (χ2v) is 5.18.